The maximum atomic E-state index is 9.37. The molecule has 24 aromatic carbocycles. The Morgan fingerprint density at radius 3 is 0.705 bits per heavy atom. The van der Waals surface area contributed by atoms with Crippen LogP contribution in [0.5, 0.6) is 0 Å². The third kappa shape index (κ3) is 11.9. The van der Waals surface area contributed by atoms with Gasteiger partial charge >= 0.3 is 0 Å². The molecule has 27 aromatic rings. The van der Waals surface area contributed by atoms with Crippen molar-refractivity contribution in [2.75, 3.05) is 0 Å². The molecule has 0 radical (unpaired) electrons. The third-order valence-corrected chi connectivity index (χ3v) is 27.1. The Labute approximate surface area is 741 Å². The van der Waals surface area contributed by atoms with Crippen LogP contribution in [0, 0.1) is 11.3 Å². The van der Waals surface area contributed by atoms with E-state index in [2.05, 4.69) is 394 Å². The number of nitriles is 1. The van der Waals surface area contributed by atoms with Crippen LogP contribution < -0.4 is 0 Å². The van der Waals surface area contributed by atoms with E-state index in [1.54, 1.807) is 0 Å². The standard InChI is InChI=1S/C62H36N2O.C62H36N2/c1-3-17-45-41(13-1)43-15-5-7-19-47(43)55-33-39(29-31-50(45)55)53-35-57-54(40-30-32-51-46-18-4-2-14-42(46)44-16-6-8-20-48(44)56(51)34-40)36-59(63-61(57)52-22-10-9-21-49(52)53)37-25-27-38(28-26-37)62-64-58-23-11-12-24-60(58)65-62;63-37-38-21-23-39(24-22-38)40-25-27-41(28-26-40)61-36-57(43-30-32-54-49-16-4-2-12-45(49)47-14-6-8-18-51(47)59(54)34-43)60-35-56(52-19-9-10-20-55(52)62(60)64-61)42-29-31-53-48-15-3-1-11-44(48)46-13-5-7-17-50(46)58(53)33-42/h1-36H;1-36H. The van der Waals surface area contributed by atoms with Gasteiger partial charge in [-0.3, -0.25) is 0 Å². The second-order valence-electron chi connectivity index (χ2n) is 34.1. The highest BCUT2D eigenvalue weighted by molar-refractivity contribution is 6.31. The number of benzene rings is 24. The van der Waals surface area contributed by atoms with Crippen LogP contribution in [0.15, 0.2) is 441 Å². The summed E-state index contributed by atoms with van der Waals surface area (Å²) < 4.78 is 6.16. The van der Waals surface area contributed by atoms with Crippen molar-refractivity contribution >= 4 is 184 Å². The van der Waals surface area contributed by atoms with Crippen molar-refractivity contribution in [3.63, 3.8) is 0 Å². The molecular weight excluding hydrogens is 1560 g/mol. The molecule has 0 aliphatic rings. The summed E-state index contributed by atoms with van der Waals surface area (Å²) in [6, 6.07) is 160. The van der Waals surface area contributed by atoms with Gasteiger partial charge < -0.3 is 4.42 Å². The molecule has 594 valence electrons. The first-order valence-corrected chi connectivity index (χ1v) is 44.0. The quantitative estimate of drug-likeness (QED) is 0.142. The first-order chi connectivity index (χ1) is 63.9. The molecule has 5 heteroatoms. The zero-order valence-electron chi connectivity index (χ0n) is 69.8. The highest BCUT2D eigenvalue weighted by Gasteiger charge is 2.24. The molecule has 0 saturated carbocycles. The fraction of sp³-hybridized carbons (Fsp3) is 0. The number of hydrogen-bond acceptors (Lipinski definition) is 5. The summed E-state index contributed by atoms with van der Waals surface area (Å²) in [7, 11) is 0. The van der Waals surface area contributed by atoms with Crippen molar-refractivity contribution in [3.8, 4) is 95.7 Å². The van der Waals surface area contributed by atoms with Crippen LogP contribution in [0.25, 0.3) is 273 Å². The summed E-state index contributed by atoms with van der Waals surface area (Å²) in [5.74, 6) is 0.606. The number of fused-ring (bicyclic) bond motifs is 31. The summed E-state index contributed by atoms with van der Waals surface area (Å²) in [6.07, 6.45) is 0. The molecule has 0 bridgehead atoms. The van der Waals surface area contributed by atoms with Crippen LogP contribution in [-0.4, -0.2) is 15.0 Å². The van der Waals surface area contributed by atoms with E-state index in [1.807, 2.05) is 48.5 Å². The first kappa shape index (κ1) is 73.3. The van der Waals surface area contributed by atoms with E-state index in [4.69, 9.17) is 19.4 Å². The topological polar surface area (TPSA) is 75.6 Å². The maximum absolute atomic E-state index is 9.37. The van der Waals surface area contributed by atoms with Gasteiger partial charge in [-0.05, 0) is 281 Å². The highest BCUT2D eigenvalue weighted by Crippen LogP contribution is 2.49. The smallest absolute Gasteiger partial charge is 0.227 e. The van der Waals surface area contributed by atoms with Crippen LogP contribution in [0.1, 0.15) is 5.56 Å². The Hall–Kier alpha value is -17.3. The monoisotopic (exact) mass is 1630 g/mol. The van der Waals surface area contributed by atoms with Gasteiger partial charge in [-0.15, -0.1) is 0 Å². The largest absolute Gasteiger partial charge is 0.436 e. The van der Waals surface area contributed by atoms with E-state index in [1.165, 1.54) is 162 Å². The molecule has 3 heterocycles. The average molecular weight is 1630 g/mol. The van der Waals surface area contributed by atoms with Gasteiger partial charge in [0.2, 0.25) is 5.89 Å². The molecule has 129 heavy (non-hydrogen) atoms. The molecule has 0 N–H and O–H groups in total. The minimum absolute atomic E-state index is 0.606. The number of rotatable bonds is 8. The van der Waals surface area contributed by atoms with Gasteiger partial charge in [0.15, 0.2) is 5.58 Å². The van der Waals surface area contributed by atoms with Crippen molar-refractivity contribution in [2.45, 2.75) is 0 Å². The fourth-order valence-electron chi connectivity index (χ4n) is 21.0. The summed E-state index contributed by atoms with van der Waals surface area (Å²) in [5, 5.41) is 46.4. The molecule has 27 rings (SSSR count). The molecule has 0 saturated heterocycles. The predicted molar refractivity (Wildman–Crippen MR) is 544 cm³/mol. The Balaban J connectivity index is 0.000000136. The first-order valence-electron chi connectivity index (χ1n) is 44.0. The lowest BCUT2D eigenvalue weighted by Gasteiger charge is -2.18. The lowest BCUT2D eigenvalue weighted by molar-refractivity contribution is 0.620. The maximum Gasteiger partial charge on any atom is 0.227 e. The summed E-state index contributed by atoms with van der Waals surface area (Å²) in [6.45, 7) is 0. The third-order valence-electron chi connectivity index (χ3n) is 27.1. The van der Waals surface area contributed by atoms with Crippen molar-refractivity contribution in [3.05, 3.63) is 442 Å². The molecule has 0 aliphatic carbocycles. The Kier molecular flexibility index (Phi) is 16.7. The molecule has 3 aromatic heterocycles. The molecule has 0 fully saturated rings. The van der Waals surface area contributed by atoms with Gasteiger partial charge in [0, 0.05) is 38.2 Å². The summed E-state index contributed by atoms with van der Waals surface area (Å²) in [4.78, 5) is 15.9. The van der Waals surface area contributed by atoms with Crippen molar-refractivity contribution < 1.29 is 4.42 Å². The van der Waals surface area contributed by atoms with E-state index in [-0.39, 0.29) is 0 Å². The van der Waals surface area contributed by atoms with Crippen molar-refractivity contribution in [1.82, 2.24) is 15.0 Å². The molecule has 0 aliphatic heterocycles. The van der Waals surface area contributed by atoms with Crippen LogP contribution >= 0.6 is 0 Å². The lowest BCUT2D eigenvalue weighted by Crippen LogP contribution is -1.94. The van der Waals surface area contributed by atoms with Crippen molar-refractivity contribution in [2.24, 2.45) is 0 Å². The second kappa shape index (κ2) is 29.4. The fourth-order valence-corrected chi connectivity index (χ4v) is 21.0. The van der Waals surface area contributed by atoms with Crippen LogP contribution in [0.3, 0.4) is 0 Å². The van der Waals surface area contributed by atoms with Gasteiger partial charge in [-0.25, -0.2) is 15.0 Å². The van der Waals surface area contributed by atoms with E-state index in [0.717, 1.165) is 105 Å². The predicted octanol–water partition coefficient (Wildman–Crippen LogP) is 34.0. The average Bonchev–Trinajstić information content (AvgIpc) is 1.25. The zero-order chi connectivity index (χ0) is 84.9. The normalized spacial score (nSPS) is 11.9. The van der Waals surface area contributed by atoms with Gasteiger partial charge in [0.25, 0.3) is 0 Å². The zero-order valence-corrected chi connectivity index (χ0v) is 69.8. The molecule has 0 atom stereocenters. The van der Waals surface area contributed by atoms with Crippen LogP contribution in [-0.2, 0) is 0 Å². The number of oxazole rings is 1. The number of nitrogens with zero attached hydrogens (tertiary/aromatic N) is 4. The van der Waals surface area contributed by atoms with E-state index < -0.39 is 0 Å². The van der Waals surface area contributed by atoms with E-state index >= 15 is 0 Å². The minimum atomic E-state index is 0.606. The Morgan fingerprint density at radius 2 is 0.403 bits per heavy atom. The molecule has 0 amide bonds. The Bertz CT molecular complexity index is 9340. The van der Waals surface area contributed by atoms with Gasteiger partial charge in [-0.2, -0.15) is 5.26 Å². The number of pyridine rings is 2. The SMILES string of the molecule is N#Cc1ccc(-c2ccc(-c3cc(-c4ccc5c6ccccc6c6ccccc6c5c4)c4cc(-c5ccc6c7ccccc7c7ccccc7c6c5)c5ccccc5c4n3)cc2)cc1.c1ccc2oc(-c3ccc(-c4cc(-c5ccc6c7ccccc7c7ccccc7c6c5)c5cc(-c6ccc7c8ccccc8c8ccccc8c7c6)c6ccccc6c5n4)cc3)nc2c1. The molecule has 5 nitrogen and oxygen atoms in total. The number of hydrogen-bond donors (Lipinski definition) is 0. The van der Waals surface area contributed by atoms with Crippen LogP contribution in [0.2, 0.25) is 0 Å². The van der Waals surface area contributed by atoms with Crippen LogP contribution in [0.4, 0.5) is 0 Å². The van der Waals surface area contributed by atoms with Gasteiger partial charge in [0.05, 0.1) is 34.1 Å². The minimum Gasteiger partial charge on any atom is -0.436 e. The summed E-state index contributed by atoms with van der Waals surface area (Å²) >= 11 is 0. The highest BCUT2D eigenvalue weighted by atomic mass is 16.3. The van der Waals surface area contributed by atoms with Gasteiger partial charge in [0.1, 0.15) is 5.52 Å². The van der Waals surface area contributed by atoms with Crippen molar-refractivity contribution in [1.29, 1.82) is 5.26 Å². The lowest BCUT2D eigenvalue weighted by atomic mass is 9.87. The number of aromatic nitrogens is 3. The van der Waals surface area contributed by atoms with E-state index in [0.29, 0.717) is 11.5 Å². The molecule has 0 unspecified atom stereocenters. The van der Waals surface area contributed by atoms with Gasteiger partial charge in [-0.1, -0.05) is 352 Å². The number of para-hydroxylation sites is 2. The summed E-state index contributed by atoms with van der Waals surface area (Å²) in [5.41, 5.74) is 20.5. The molecular formula is C124H72N4O. The second-order valence-corrected chi connectivity index (χ2v) is 34.1. The Morgan fingerprint density at radius 1 is 0.171 bits per heavy atom. The van der Waals surface area contributed by atoms with E-state index in [9.17, 15) is 5.26 Å². The molecule has 0 spiro atoms.